The van der Waals surface area contributed by atoms with Crippen molar-refractivity contribution in [3.63, 3.8) is 0 Å². The second-order valence-corrected chi connectivity index (χ2v) is 4.24. The third-order valence-corrected chi connectivity index (χ3v) is 2.20. The summed E-state index contributed by atoms with van der Waals surface area (Å²) in [6, 6.07) is 0. The molecule has 0 aliphatic carbocycles. The predicted octanol–water partition coefficient (Wildman–Crippen LogP) is 1.98. The first-order chi connectivity index (χ1) is 4.96. The largest absolute Gasteiger partial charge is 0.461 e. The van der Waals surface area contributed by atoms with Crippen LogP contribution in [0.1, 0.15) is 34.1 Å². The zero-order chi connectivity index (χ0) is 8.65. The van der Waals surface area contributed by atoms with Crippen molar-refractivity contribution in [2.75, 3.05) is 0 Å². The highest BCUT2D eigenvalue weighted by atomic mass is 16.6. The lowest BCUT2D eigenvalue weighted by Gasteiger charge is -2.42. The van der Waals surface area contributed by atoms with Crippen LogP contribution in [-0.2, 0) is 9.53 Å². The van der Waals surface area contributed by atoms with Gasteiger partial charge in [0, 0.05) is 0 Å². The molecule has 0 amide bonds. The van der Waals surface area contributed by atoms with E-state index >= 15 is 0 Å². The van der Waals surface area contributed by atoms with E-state index in [4.69, 9.17) is 4.74 Å². The second kappa shape index (κ2) is 2.50. The number of ether oxygens (including phenoxy) is 1. The molecule has 0 aromatic heterocycles. The van der Waals surface area contributed by atoms with Gasteiger partial charge in [0.05, 0.1) is 5.92 Å². The molecule has 1 rings (SSSR count). The van der Waals surface area contributed by atoms with Gasteiger partial charge in [0.15, 0.2) is 0 Å². The van der Waals surface area contributed by atoms with Crippen LogP contribution < -0.4 is 0 Å². The van der Waals surface area contributed by atoms with Crippen LogP contribution in [0.25, 0.3) is 0 Å². The van der Waals surface area contributed by atoms with E-state index in [9.17, 15) is 4.79 Å². The molecule has 0 radical (unpaired) electrons. The standard InChI is InChI=1S/C9H16O2/c1-5-6-7(9(2,3)4)11-8(6)10/h6-7H,5H2,1-4H3/t6-,7-/m0/s1. The van der Waals surface area contributed by atoms with Crippen molar-refractivity contribution >= 4 is 5.97 Å². The first-order valence-electron chi connectivity index (χ1n) is 4.17. The van der Waals surface area contributed by atoms with Crippen molar-refractivity contribution in [3.05, 3.63) is 0 Å². The maximum Gasteiger partial charge on any atom is 0.313 e. The van der Waals surface area contributed by atoms with Gasteiger partial charge in [-0.1, -0.05) is 27.7 Å². The monoisotopic (exact) mass is 156 g/mol. The van der Waals surface area contributed by atoms with Crippen LogP contribution in [0.15, 0.2) is 0 Å². The van der Waals surface area contributed by atoms with E-state index in [2.05, 4.69) is 20.8 Å². The summed E-state index contributed by atoms with van der Waals surface area (Å²) >= 11 is 0. The average Bonchev–Trinajstić information content (AvgIpc) is 1.81. The number of hydrogen-bond acceptors (Lipinski definition) is 2. The third-order valence-electron chi connectivity index (χ3n) is 2.20. The van der Waals surface area contributed by atoms with Crippen LogP contribution in [0.4, 0.5) is 0 Å². The van der Waals surface area contributed by atoms with Gasteiger partial charge in [-0.3, -0.25) is 4.79 Å². The van der Waals surface area contributed by atoms with Gasteiger partial charge >= 0.3 is 5.97 Å². The SMILES string of the molecule is CC[C@@H]1C(=O)O[C@@H]1C(C)(C)C. The minimum absolute atomic E-state index is 0.0209. The predicted molar refractivity (Wildman–Crippen MR) is 43.1 cm³/mol. The van der Waals surface area contributed by atoms with Crippen LogP contribution in [0.2, 0.25) is 0 Å². The summed E-state index contributed by atoms with van der Waals surface area (Å²) in [5.41, 5.74) is 0.106. The van der Waals surface area contributed by atoms with E-state index in [0.29, 0.717) is 0 Å². The maximum atomic E-state index is 10.9. The van der Waals surface area contributed by atoms with Crippen LogP contribution in [0.5, 0.6) is 0 Å². The summed E-state index contributed by atoms with van der Waals surface area (Å²) in [6.45, 7) is 8.34. The Morgan fingerprint density at radius 1 is 1.45 bits per heavy atom. The molecule has 11 heavy (non-hydrogen) atoms. The molecular weight excluding hydrogens is 140 g/mol. The number of esters is 1. The Labute approximate surface area is 67.9 Å². The van der Waals surface area contributed by atoms with Crippen molar-refractivity contribution in [3.8, 4) is 0 Å². The fourth-order valence-electron chi connectivity index (χ4n) is 1.51. The first kappa shape index (κ1) is 8.57. The van der Waals surface area contributed by atoms with Gasteiger partial charge in [0.2, 0.25) is 0 Å². The molecule has 1 aliphatic rings. The molecule has 1 aliphatic heterocycles. The summed E-state index contributed by atoms with van der Waals surface area (Å²) in [7, 11) is 0. The zero-order valence-electron chi connectivity index (χ0n) is 7.68. The fraction of sp³-hybridized carbons (Fsp3) is 0.889. The smallest absolute Gasteiger partial charge is 0.313 e. The van der Waals surface area contributed by atoms with Gasteiger partial charge < -0.3 is 4.74 Å². The van der Waals surface area contributed by atoms with E-state index < -0.39 is 0 Å². The van der Waals surface area contributed by atoms with Crippen LogP contribution in [-0.4, -0.2) is 12.1 Å². The van der Waals surface area contributed by atoms with E-state index in [1.165, 1.54) is 0 Å². The Kier molecular flexibility index (Phi) is 1.95. The summed E-state index contributed by atoms with van der Waals surface area (Å²) in [5.74, 6) is 0.127. The van der Waals surface area contributed by atoms with Crippen molar-refractivity contribution in [1.29, 1.82) is 0 Å². The lowest BCUT2D eigenvalue weighted by Crippen LogP contribution is -2.51. The Morgan fingerprint density at radius 2 is 2.00 bits per heavy atom. The van der Waals surface area contributed by atoms with E-state index in [0.717, 1.165) is 6.42 Å². The van der Waals surface area contributed by atoms with Gasteiger partial charge in [-0.05, 0) is 11.8 Å². The molecule has 0 aromatic carbocycles. The number of rotatable bonds is 1. The highest BCUT2D eigenvalue weighted by molar-refractivity contribution is 5.78. The molecule has 64 valence electrons. The average molecular weight is 156 g/mol. The molecule has 1 saturated heterocycles. The van der Waals surface area contributed by atoms with Crippen LogP contribution in [0.3, 0.4) is 0 Å². The van der Waals surface area contributed by atoms with Gasteiger partial charge in [0.1, 0.15) is 6.10 Å². The van der Waals surface area contributed by atoms with Gasteiger partial charge in [-0.25, -0.2) is 0 Å². The molecule has 1 heterocycles. The first-order valence-corrected chi connectivity index (χ1v) is 4.17. The second-order valence-electron chi connectivity index (χ2n) is 4.24. The van der Waals surface area contributed by atoms with Crippen LogP contribution >= 0.6 is 0 Å². The minimum atomic E-state index is -0.0209. The molecule has 0 saturated carbocycles. The summed E-state index contributed by atoms with van der Waals surface area (Å²) in [4.78, 5) is 10.9. The van der Waals surface area contributed by atoms with Crippen molar-refractivity contribution < 1.29 is 9.53 Å². The number of carbonyl (C=O) groups is 1. The summed E-state index contributed by atoms with van der Waals surface area (Å²) < 4.78 is 5.07. The number of carbonyl (C=O) groups excluding carboxylic acids is 1. The number of hydrogen-bond donors (Lipinski definition) is 0. The lowest BCUT2D eigenvalue weighted by atomic mass is 9.77. The van der Waals surface area contributed by atoms with Gasteiger partial charge in [-0.2, -0.15) is 0 Å². The Bertz CT molecular complexity index is 167. The molecule has 0 N–H and O–H groups in total. The fourth-order valence-corrected chi connectivity index (χ4v) is 1.51. The maximum absolute atomic E-state index is 10.9. The molecule has 1 fully saturated rings. The quantitative estimate of drug-likeness (QED) is 0.543. The van der Waals surface area contributed by atoms with Crippen molar-refractivity contribution in [2.45, 2.75) is 40.2 Å². The molecule has 0 bridgehead atoms. The molecule has 0 aromatic rings. The highest BCUT2D eigenvalue weighted by Crippen LogP contribution is 2.37. The van der Waals surface area contributed by atoms with Gasteiger partial charge in [-0.15, -0.1) is 0 Å². The zero-order valence-corrected chi connectivity index (χ0v) is 7.68. The van der Waals surface area contributed by atoms with Crippen molar-refractivity contribution in [2.24, 2.45) is 11.3 Å². The summed E-state index contributed by atoms with van der Waals surface area (Å²) in [6.07, 6.45) is 1.04. The Morgan fingerprint density at radius 3 is 2.18 bits per heavy atom. The van der Waals surface area contributed by atoms with E-state index in [1.54, 1.807) is 0 Å². The normalized spacial score (nSPS) is 31.1. The minimum Gasteiger partial charge on any atom is -0.461 e. The van der Waals surface area contributed by atoms with E-state index in [-0.39, 0.29) is 23.4 Å². The molecule has 2 nitrogen and oxygen atoms in total. The Balaban J connectivity index is 2.58. The van der Waals surface area contributed by atoms with Crippen molar-refractivity contribution in [1.82, 2.24) is 0 Å². The lowest BCUT2D eigenvalue weighted by molar-refractivity contribution is -0.198. The third kappa shape index (κ3) is 1.39. The van der Waals surface area contributed by atoms with Gasteiger partial charge in [0.25, 0.3) is 0 Å². The molecular formula is C9H16O2. The number of cyclic esters (lactones) is 1. The molecule has 2 heteroatoms. The van der Waals surface area contributed by atoms with Crippen LogP contribution in [0, 0.1) is 11.3 Å². The molecule has 0 spiro atoms. The Hall–Kier alpha value is -0.530. The highest BCUT2D eigenvalue weighted by Gasteiger charge is 2.47. The van der Waals surface area contributed by atoms with E-state index in [1.807, 2.05) is 6.92 Å². The molecule has 0 unspecified atom stereocenters. The molecule has 2 atom stereocenters. The summed E-state index contributed by atoms with van der Waals surface area (Å²) in [5, 5.41) is 0. The topological polar surface area (TPSA) is 26.3 Å².